The van der Waals surface area contributed by atoms with E-state index in [9.17, 15) is 4.79 Å². The Balaban J connectivity index is 2.90. The summed E-state index contributed by atoms with van der Waals surface area (Å²) in [6.45, 7) is 6.63. The van der Waals surface area contributed by atoms with Crippen LogP contribution in [0.3, 0.4) is 0 Å². The molecule has 96 valence electrons. The predicted molar refractivity (Wildman–Crippen MR) is 72.5 cm³/mol. The number of nitriles is 1. The minimum Gasteiger partial charge on any atom is -0.338 e. The third-order valence-corrected chi connectivity index (χ3v) is 3.21. The molecule has 0 aliphatic heterocycles. The molecule has 1 aromatic rings. The van der Waals surface area contributed by atoms with Gasteiger partial charge in [0.15, 0.2) is 0 Å². The first-order chi connectivity index (χ1) is 8.49. The van der Waals surface area contributed by atoms with E-state index in [2.05, 4.69) is 6.07 Å². The van der Waals surface area contributed by atoms with E-state index < -0.39 is 0 Å². The largest absolute Gasteiger partial charge is 0.338 e. The monoisotopic (exact) mass is 264 g/mol. The van der Waals surface area contributed by atoms with E-state index in [-0.39, 0.29) is 11.8 Å². The van der Waals surface area contributed by atoms with Crippen LogP contribution in [-0.2, 0) is 0 Å². The third-order valence-electron chi connectivity index (χ3n) is 2.79. The molecule has 0 heterocycles. The first kappa shape index (κ1) is 14.5. The minimum absolute atomic E-state index is 0.0561. The van der Waals surface area contributed by atoms with Gasteiger partial charge in [0.2, 0.25) is 0 Å². The molecule has 0 aliphatic rings. The Hall–Kier alpha value is -1.53. The first-order valence-electron chi connectivity index (χ1n) is 5.94. The zero-order valence-electron chi connectivity index (χ0n) is 10.9. The fraction of sp³-hybridized carbons (Fsp3) is 0.429. The molecule has 0 fully saturated rings. The summed E-state index contributed by atoms with van der Waals surface area (Å²) in [6.07, 6.45) is 0. The lowest BCUT2D eigenvalue weighted by Crippen LogP contribution is -2.34. The van der Waals surface area contributed by atoms with Crippen LogP contribution in [0.1, 0.15) is 29.8 Å². The second-order valence-electron chi connectivity index (χ2n) is 4.34. The Morgan fingerprint density at radius 3 is 2.72 bits per heavy atom. The third kappa shape index (κ3) is 3.48. The molecule has 1 aromatic carbocycles. The first-order valence-corrected chi connectivity index (χ1v) is 6.32. The van der Waals surface area contributed by atoms with Crippen molar-refractivity contribution >= 4 is 17.5 Å². The molecule has 1 rings (SSSR count). The molecule has 0 bridgehead atoms. The van der Waals surface area contributed by atoms with Gasteiger partial charge < -0.3 is 4.90 Å². The number of benzene rings is 1. The summed E-state index contributed by atoms with van der Waals surface area (Å²) in [5.41, 5.74) is 1.50. The molecule has 0 saturated heterocycles. The van der Waals surface area contributed by atoms with Gasteiger partial charge in [0.05, 0.1) is 12.0 Å². The molecule has 1 atom stereocenters. The van der Waals surface area contributed by atoms with E-state index in [0.29, 0.717) is 23.7 Å². The summed E-state index contributed by atoms with van der Waals surface area (Å²) >= 11 is 5.94. The highest BCUT2D eigenvalue weighted by Gasteiger charge is 2.17. The summed E-state index contributed by atoms with van der Waals surface area (Å²) in [5, 5.41) is 9.46. The van der Waals surface area contributed by atoms with E-state index in [1.54, 1.807) is 23.1 Å². The molecule has 4 heteroatoms. The van der Waals surface area contributed by atoms with E-state index in [0.717, 1.165) is 5.56 Å². The summed E-state index contributed by atoms with van der Waals surface area (Å²) in [5.74, 6) is -0.221. The van der Waals surface area contributed by atoms with Crippen molar-refractivity contribution in [1.82, 2.24) is 4.90 Å². The molecule has 0 spiro atoms. The Labute approximate surface area is 113 Å². The van der Waals surface area contributed by atoms with Crippen LogP contribution >= 0.6 is 11.6 Å². The Kier molecular flexibility index (Phi) is 5.18. The van der Waals surface area contributed by atoms with Gasteiger partial charge in [-0.3, -0.25) is 4.79 Å². The van der Waals surface area contributed by atoms with Crippen LogP contribution in [0.25, 0.3) is 0 Å². The van der Waals surface area contributed by atoms with Gasteiger partial charge in [0.1, 0.15) is 0 Å². The zero-order chi connectivity index (χ0) is 13.7. The summed E-state index contributed by atoms with van der Waals surface area (Å²) in [4.78, 5) is 13.9. The summed E-state index contributed by atoms with van der Waals surface area (Å²) in [6, 6.07) is 7.37. The second-order valence-corrected chi connectivity index (χ2v) is 4.75. The number of hydrogen-bond acceptors (Lipinski definition) is 2. The highest BCUT2D eigenvalue weighted by molar-refractivity contribution is 6.31. The molecule has 0 aliphatic carbocycles. The normalized spacial score (nSPS) is 11.7. The fourth-order valence-corrected chi connectivity index (χ4v) is 1.80. The predicted octanol–water partition coefficient (Wildman–Crippen LogP) is 3.27. The molecular weight excluding hydrogens is 248 g/mol. The SMILES string of the molecule is CCN(CC(C)C#N)C(=O)c1ccc(Cl)c(C)c1. The van der Waals surface area contributed by atoms with Crippen molar-refractivity contribution in [3.05, 3.63) is 34.3 Å². The summed E-state index contributed by atoms with van der Waals surface area (Å²) < 4.78 is 0. The second kappa shape index (κ2) is 6.42. The Morgan fingerprint density at radius 1 is 1.56 bits per heavy atom. The van der Waals surface area contributed by atoms with Crippen LogP contribution in [0, 0.1) is 24.2 Å². The Bertz CT molecular complexity index is 479. The van der Waals surface area contributed by atoms with Crippen LogP contribution in [-0.4, -0.2) is 23.9 Å². The number of halogens is 1. The van der Waals surface area contributed by atoms with Gasteiger partial charge >= 0.3 is 0 Å². The van der Waals surface area contributed by atoms with Gasteiger partial charge in [-0.25, -0.2) is 0 Å². The molecule has 0 saturated carbocycles. The van der Waals surface area contributed by atoms with E-state index in [1.807, 2.05) is 20.8 Å². The molecule has 3 nitrogen and oxygen atoms in total. The summed E-state index contributed by atoms with van der Waals surface area (Å²) in [7, 11) is 0. The quantitative estimate of drug-likeness (QED) is 0.838. The van der Waals surface area contributed by atoms with Crippen LogP contribution < -0.4 is 0 Å². The van der Waals surface area contributed by atoms with Crippen molar-refractivity contribution in [2.75, 3.05) is 13.1 Å². The number of aryl methyl sites for hydroxylation is 1. The maximum Gasteiger partial charge on any atom is 0.253 e. The standard InChI is InChI=1S/C14H17ClN2O/c1-4-17(9-10(2)8-16)14(18)12-5-6-13(15)11(3)7-12/h5-7,10H,4,9H2,1-3H3. The van der Waals surface area contributed by atoms with Gasteiger partial charge in [-0.15, -0.1) is 0 Å². The van der Waals surface area contributed by atoms with E-state index in [1.165, 1.54) is 0 Å². The molecule has 18 heavy (non-hydrogen) atoms. The minimum atomic E-state index is -0.165. The van der Waals surface area contributed by atoms with E-state index >= 15 is 0 Å². The van der Waals surface area contributed by atoms with Crippen LogP contribution in [0.2, 0.25) is 5.02 Å². The number of nitrogens with zero attached hydrogens (tertiary/aromatic N) is 2. The number of rotatable bonds is 4. The van der Waals surface area contributed by atoms with Gasteiger partial charge in [0.25, 0.3) is 5.91 Å². The topological polar surface area (TPSA) is 44.1 Å². The van der Waals surface area contributed by atoms with Crippen molar-refractivity contribution < 1.29 is 4.79 Å². The van der Waals surface area contributed by atoms with Gasteiger partial charge in [0, 0.05) is 23.7 Å². The molecule has 0 N–H and O–H groups in total. The smallest absolute Gasteiger partial charge is 0.253 e. The number of carbonyl (C=O) groups excluding carboxylic acids is 1. The maximum absolute atomic E-state index is 12.3. The zero-order valence-corrected chi connectivity index (χ0v) is 11.7. The lowest BCUT2D eigenvalue weighted by Gasteiger charge is -2.22. The number of amides is 1. The lowest BCUT2D eigenvalue weighted by molar-refractivity contribution is 0.0752. The van der Waals surface area contributed by atoms with Crippen molar-refractivity contribution in [1.29, 1.82) is 5.26 Å². The highest BCUT2D eigenvalue weighted by atomic mass is 35.5. The molecule has 0 radical (unpaired) electrons. The van der Waals surface area contributed by atoms with Gasteiger partial charge in [-0.05, 0) is 44.5 Å². The van der Waals surface area contributed by atoms with Crippen molar-refractivity contribution in [2.45, 2.75) is 20.8 Å². The van der Waals surface area contributed by atoms with Crippen molar-refractivity contribution in [2.24, 2.45) is 5.92 Å². The highest BCUT2D eigenvalue weighted by Crippen LogP contribution is 2.17. The van der Waals surface area contributed by atoms with Crippen molar-refractivity contribution in [3.63, 3.8) is 0 Å². The van der Waals surface area contributed by atoms with Gasteiger partial charge in [-0.2, -0.15) is 5.26 Å². The number of carbonyl (C=O) groups is 1. The van der Waals surface area contributed by atoms with Crippen LogP contribution in [0.5, 0.6) is 0 Å². The van der Waals surface area contributed by atoms with Gasteiger partial charge in [-0.1, -0.05) is 11.6 Å². The number of hydrogen-bond donors (Lipinski definition) is 0. The Morgan fingerprint density at radius 2 is 2.22 bits per heavy atom. The van der Waals surface area contributed by atoms with Crippen molar-refractivity contribution in [3.8, 4) is 6.07 Å². The van der Waals surface area contributed by atoms with E-state index in [4.69, 9.17) is 16.9 Å². The average molecular weight is 265 g/mol. The molecule has 1 unspecified atom stereocenters. The van der Waals surface area contributed by atoms with Crippen LogP contribution in [0.15, 0.2) is 18.2 Å². The fourth-order valence-electron chi connectivity index (χ4n) is 1.69. The molecule has 0 aromatic heterocycles. The molecular formula is C14H17ClN2O. The average Bonchev–Trinajstić information content (AvgIpc) is 2.38. The van der Waals surface area contributed by atoms with Crippen LogP contribution in [0.4, 0.5) is 0 Å². The lowest BCUT2D eigenvalue weighted by atomic mass is 10.1. The maximum atomic E-state index is 12.3. The molecule has 1 amide bonds.